The van der Waals surface area contributed by atoms with Crippen molar-refractivity contribution in [3.63, 3.8) is 0 Å². The highest BCUT2D eigenvalue weighted by Crippen LogP contribution is 2.29. The fraction of sp³-hybridized carbons (Fsp3) is 0.231. The molecule has 0 aliphatic heterocycles. The van der Waals surface area contributed by atoms with Gasteiger partial charge < -0.3 is 20.7 Å². The fourth-order valence-corrected chi connectivity index (χ4v) is 3.58. The van der Waals surface area contributed by atoms with E-state index in [1.807, 2.05) is 54.6 Å². The van der Waals surface area contributed by atoms with Gasteiger partial charge in [0.25, 0.3) is 0 Å². The number of nitrogens with one attached hydrogen (secondary N) is 2. The molecule has 2 atom stereocenters. The van der Waals surface area contributed by atoms with Crippen molar-refractivity contribution in [2.24, 2.45) is 5.92 Å². The molecule has 3 aromatic rings. The van der Waals surface area contributed by atoms with Crippen LogP contribution in [0.5, 0.6) is 0 Å². The molecular formula is C26H26BF3N2O4. The lowest BCUT2D eigenvalue weighted by Crippen LogP contribution is -2.51. The molecule has 0 aliphatic rings. The summed E-state index contributed by atoms with van der Waals surface area (Å²) < 4.78 is 38.6. The predicted octanol–water partition coefficient (Wildman–Crippen LogP) is 3.36. The summed E-state index contributed by atoms with van der Waals surface area (Å²) in [7, 11) is -1.87. The van der Waals surface area contributed by atoms with Crippen molar-refractivity contribution in [3.8, 4) is 11.1 Å². The van der Waals surface area contributed by atoms with Crippen molar-refractivity contribution in [2.45, 2.75) is 32.0 Å². The van der Waals surface area contributed by atoms with E-state index < -0.39 is 42.5 Å². The molecule has 0 bridgehead atoms. The third-order valence-electron chi connectivity index (χ3n) is 5.71. The Labute approximate surface area is 207 Å². The third-order valence-corrected chi connectivity index (χ3v) is 5.71. The molecule has 0 saturated heterocycles. The monoisotopic (exact) mass is 498 g/mol. The van der Waals surface area contributed by atoms with Crippen LogP contribution in [0.25, 0.3) is 11.1 Å². The second-order valence-corrected chi connectivity index (χ2v) is 8.43. The highest BCUT2D eigenvalue weighted by Gasteiger charge is 2.31. The minimum Gasteiger partial charge on any atom is -0.426 e. The SMILES string of the molecule is CC(C(=O)NCc1cccc(C(F)(F)F)c1)C(=O)N[C@@H](Cc1ccc(-c2ccccc2)cc1)B(O)O. The van der Waals surface area contributed by atoms with Gasteiger partial charge in [0, 0.05) is 6.54 Å². The lowest BCUT2D eigenvalue weighted by atomic mass is 9.75. The topological polar surface area (TPSA) is 98.7 Å². The first kappa shape index (κ1) is 27.0. The average Bonchev–Trinajstić information content (AvgIpc) is 2.87. The first-order chi connectivity index (χ1) is 17.0. The van der Waals surface area contributed by atoms with Crippen LogP contribution >= 0.6 is 0 Å². The number of halogens is 3. The minimum absolute atomic E-state index is 0.108. The highest BCUT2D eigenvalue weighted by atomic mass is 19.4. The second kappa shape index (κ2) is 11.9. The Bertz CT molecular complexity index is 1170. The van der Waals surface area contributed by atoms with Gasteiger partial charge in [0.2, 0.25) is 11.8 Å². The van der Waals surface area contributed by atoms with Crippen LogP contribution in [0.2, 0.25) is 0 Å². The summed E-state index contributed by atoms with van der Waals surface area (Å²) in [5.74, 6) is -3.73. The molecule has 10 heteroatoms. The molecule has 0 spiro atoms. The van der Waals surface area contributed by atoms with Crippen LogP contribution < -0.4 is 10.6 Å². The molecule has 0 fully saturated rings. The number of hydrogen-bond acceptors (Lipinski definition) is 4. The maximum atomic E-state index is 12.9. The van der Waals surface area contributed by atoms with Gasteiger partial charge in [-0.25, -0.2) is 0 Å². The molecule has 0 saturated carbocycles. The molecule has 36 heavy (non-hydrogen) atoms. The van der Waals surface area contributed by atoms with E-state index in [2.05, 4.69) is 10.6 Å². The number of carbonyl (C=O) groups excluding carboxylic acids is 2. The van der Waals surface area contributed by atoms with Gasteiger partial charge in [-0.1, -0.05) is 66.7 Å². The summed E-state index contributed by atoms with van der Waals surface area (Å²) in [6.45, 7) is 1.13. The zero-order chi connectivity index (χ0) is 26.3. The fourth-order valence-electron chi connectivity index (χ4n) is 3.58. The predicted molar refractivity (Wildman–Crippen MR) is 130 cm³/mol. The summed E-state index contributed by atoms with van der Waals surface area (Å²) >= 11 is 0. The standard InChI is InChI=1S/C26H26BF3N2O4/c1-17(24(33)31-16-19-6-5-9-22(14-19)26(28,29)30)25(34)32-23(27(35)36)15-18-10-12-21(13-11-18)20-7-3-2-4-8-20/h2-14,17,23,35-36H,15-16H2,1H3,(H,31,33)(H,32,34)/t17?,23-/m0/s1. The zero-order valence-corrected chi connectivity index (χ0v) is 19.5. The summed E-state index contributed by atoms with van der Waals surface area (Å²) in [5.41, 5.74) is 2.15. The molecule has 0 aromatic heterocycles. The Kier molecular flexibility index (Phi) is 8.90. The molecule has 3 rings (SSSR count). The van der Waals surface area contributed by atoms with E-state index in [1.54, 1.807) is 0 Å². The maximum Gasteiger partial charge on any atom is 0.475 e. The van der Waals surface area contributed by atoms with Crippen molar-refractivity contribution < 1.29 is 32.8 Å². The summed E-state index contributed by atoms with van der Waals surface area (Å²) in [4.78, 5) is 25.0. The zero-order valence-electron chi connectivity index (χ0n) is 19.5. The number of rotatable bonds is 9. The Morgan fingerprint density at radius 3 is 2.11 bits per heavy atom. The van der Waals surface area contributed by atoms with Crippen LogP contribution in [0, 0.1) is 5.92 Å². The Hall–Kier alpha value is -3.63. The average molecular weight is 498 g/mol. The van der Waals surface area contributed by atoms with E-state index in [0.717, 1.165) is 28.8 Å². The number of alkyl halides is 3. The highest BCUT2D eigenvalue weighted by molar-refractivity contribution is 6.43. The van der Waals surface area contributed by atoms with Gasteiger partial charge in [0.05, 0.1) is 11.5 Å². The second-order valence-electron chi connectivity index (χ2n) is 8.43. The van der Waals surface area contributed by atoms with Gasteiger partial charge in [0.1, 0.15) is 5.92 Å². The minimum atomic E-state index is -4.50. The first-order valence-electron chi connectivity index (χ1n) is 11.3. The van der Waals surface area contributed by atoms with Crippen LogP contribution in [0.15, 0.2) is 78.9 Å². The van der Waals surface area contributed by atoms with Gasteiger partial charge in [-0.05, 0) is 47.7 Å². The number of hydrogen-bond donors (Lipinski definition) is 4. The molecule has 0 heterocycles. The Balaban J connectivity index is 1.57. The van der Waals surface area contributed by atoms with E-state index in [4.69, 9.17) is 0 Å². The number of carbonyl (C=O) groups is 2. The van der Waals surface area contributed by atoms with E-state index in [1.165, 1.54) is 19.1 Å². The largest absolute Gasteiger partial charge is 0.475 e. The molecule has 1 unspecified atom stereocenters. The van der Waals surface area contributed by atoms with Crippen molar-refractivity contribution >= 4 is 18.9 Å². The lowest BCUT2D eigenvalue weighted by Gasteiger charge is -2.20. The summed E-state index contributed by atoms with van der Waals surface area (Å²) in [5, 5.41) is 24.4. The van der Waals surface area contributed by atoms with Crippen LogP contribution in [0.4, 0.5) is 13.2 Å². The van der Waals surface area contributed by atoms with E-state index in [0.29, 0.717) is 0 Å². The van der Waals surface area contributed by atoms with Crippen molar-refractivity contribution in [3.05, 3.63) is 95.6 Å². The number of amides is 2. The van der Waals surface area contributed by atoms with Gasteiger partial charge in [0.15, 0.2) is 0 Å². The molecule has 6 nitrogen and oxygen atoms in total. The van der Waals surface area contributed by atoms with E-state index in [9.17, 15) is 32.8 Å². The quantitative estimate of drug-likeness (QED) is 0.269. The van der Waals surface area contributed by atoms with Crippen LogP contribution in [-0.2, 0) is 28.7 Å². The van der Waals surface area contributed by atoms with Crippen molar-refractivity contribution in [1.82, 2.24) is 10.6 Å². The Morgan fingerprint density at radius 2 is 1.50 bits per heavy atom. The van der Waals surface area contributed by atoms with Crippen LogP contribution in [0.3, 0.4) is 0 Å². The van der Waals surface area contributed by atoms with E-state index in [-0.39, 0.29) is 18.5 Å². The van der Waals surface area contributed by atoms with Gasteiger partial charge >= 0.3 is 13.3 Å². The maximum absolute atomic E-state index is 12.9. The molecule has 0 aliphatic carbocycles. The molecule has 2 amide bonds. The van der Waals surface area contributed by atoms with Gasteiger partial charge in [-0.3, -0.25) is 9.59 Å². The van der Waals surface area contributed by atoms with Crippen LogP contribution in [0.1, 0.15) is 23.6 Å². The summed E-state index contributed by atoms with van der Waals surface area (Å²) in [6, 6.07) is 21.6. The van der Waals surface area contributed by atoms with Crippen LogP contribution in [-0.4, -0.2) is 34.9 Å². The van der Waals surface area contributed by atoms with Gasteiger partial charge in [-0.2, -0.15) is 13.2 Å². The normalized spacial score (nSPS) is 12.9. The van der Waals surface area contributed by atoms with E-state index >= 15 is 0 Å². The molecular weight excluding hydrogens is 472 g/mol. The first-order valence-corrected chi connectivity index (χ1v) is 11.3. The van der Waals surface area contributed by atoms with Crippen molar-refractivity contribution in [2.75, 3.05) is 0 Å². The lowest BCUT2D eigenvalue weighted by molar-refractivity contribution is -0.137. The molecule has 3 aromatic carbocycles. The third kappa shape index (κ3) is 7.43. The number of benzene rings is 3. The molecule has 0 radical (unpaired) electrons. The van der Waals surface area contributed by atoms with Crippen molar-refractivity contribution in [1.29, 1.82) is 0 Å². The smallest absolute Gasteiger partial charge is 0.426 e. The molecule has 4 N–H and O–H groups in total. The van der Waals surface area contributed by atoms with Gasteiger partial charge in [-0.15, -0.1) is 0 Å². The molecule has 188 valence electrons. The Morgan fingerprint density at radius 1 is 0.861 bits per heavy atom. The summed E-state index contributed by atoms with van der Waals surface area (Å²) in [6.07, 6.45) is -4.40.